The van der Waals surface area contributed by atoms with Crippen molar-refractivity contribution < 1.29 is 19.5 Å². The lowest BCUT2D eigenvalue weighted by Crippen LogP contribution is -2.56. The maximum atomic E-state index is 12.0. The maximum Gasteiger partial charge on any atom is 0.305 e. The highest BCUT2D eigenvalue weighted by atomic mass is 16.4. The summed E-state index contributed by atoms with van der Waals surface area (Å²) >= 11 is 0. The quantitative estimate of drug-likeness (QED) is 0.688. The van der Waals surface area contributed by atoms with E-state index in [1.807, 2.05) is 0 Å². The zero-order chi connectivity index (χ0) is 14.5. The van der Waals surface area contributed by atoms with E-state index in [4.69, 9.17) is 5.11 Å². The molecule has 1 aliphatic carbocycles. The minimum absolute atomic E-state index is 0.0640. The predicted octanol–water partition coefficient (Wildman–Crippen LogP) is 0.805. The lowest BCUT2D eigenvalue weighted by Gasteiger charge is -2.37. The summed E-state index contributed by atoms with van der Waals surface area (Å²) in [6.45, 7) is 2.94. The van der Waals surface area contributed by atoms with Crippen LogP contribution >= 0.6 is 0 Å². The summed E-state index contributed by atoms with van der Waals surface area (Å²) in [5.41, 5.74) is -0.659. The lowest BCUT2D eigenvalue weighted by atomic mass is 9.79. The third kappa shape index (κ3) is 4.89. The number of nitrogens with one attached hydrogen (secondary N) is 2. The molecule has 19 heavy (non-hydrogen) atoms. The van der Waals surface area contributed by atoms with Gasteiger partial charge >= 0.3 is 5.97 Å². The van der Waals surface area contributed by atoms with Crippen molar-refractivity contribution in [2.75, 3.05) is 0 Å². The Morgan fingerprint density at radius 2 is 1.79 bits per heavy atom. The Morgan fingerprint density at radius 1 is 1.21 bits per heavy atom. The van der Waals surface area contributed by atoms with Gasteiger partial charge in [-0.25, -0.2) is 0 Å². The SMILES string of the molecule is CC(=O)NC(C)C(=O)NC1(CC(=O)O)CCCCC1. The van der Waals surface area contributed by atoms with Crippen molar-refractivity contribution in [1.29, 1.82) is 0 Å². The number of aliphatic carboxylic acids is 1. The average Bonchev–Trinajstić information content (AvgIpc) is 2.27. The second-order valence-electron chi connectivity index (χ2n) is 5.32. The number of hydrogen-bond donors (Lipinski definition) is 3. The second-order valence-corrected chi connectivity index (χ2v) is 5.32. The minimum atomic E-state index is -0.908. The van der Waals surface area contributed by atoms with Gasteiger partial charge in [0.2, 0.25) is 11.8 Å². The van der Waals surface area contributed by atoms with Gasteiger partial charge < -0.3 is 15.7 Å². The molecule has 1 unspecified atom stereocenters. The van der Waals surface area contributed by atoms with E-state index < -0.39 is 17.6 Å². The first-order chi connectivity index (χ1) is 8.84. The molecule has 0 heterocycles. The smallest absolute Gasteiger partial charge is 0.305 e. The fraction of sp³-hybridized carbons (Fsp3) is 0.769. The van der Waals surface area contributed by atoms with Crippen molar-refractivity contribution in [3.05, 3.63) is 0 Å². The molecule has 1 aliphatic rings. The van der Waals surface area contributed by atoms with E-state index in [0.717, 1.165) is 19.3 Å². The van der Waals surface area contributed by atoms with Gasteiger partial charge in [0, 0.05) is 6.92 Å². The van der Waals surface area contributed by atoms with Crippen molar-refractivity contribution in [2.45, 2.75) is 64.0 Å². The topological polar surface area (TPSA) is 95.5 Å². The van der Waals surface area contributed by atoms with Crippen molar-refractivity contribution in [1.82, 2.24) is 10.6 Å². The van der Waals surface area contributed by atoms with Crippen LogP contribution in [0.2, 0.25) is 0 Å². The first-order valence-electron chi connectivity index (χ1n) is 6.65. The van der Waals surface area contributed by atoms with Gasteiger partial charge in [-0.1, -0.05) is 19.3 Å². The summed E-state index contributed by atoms with van der Waals surface area (Å²) in [4.78, 5) is 33.9. The summed E-state index contributed by atoms with van der Waals surface area (Å²) < 4.78 is 0. The number of rotatable bonds is 5. The molecule has 0 aromatic heterocycles. The van der Waals surface area contributed by atoms with Crippen LogP contribution < -0.4 is 10.6 Å². The van der Waals surface area contributed by atoms with Gasteiger partial charge in [-0.2, -0.15) is 0 Å². The van der Waals surface area contributed by atoms with E-state index in [2.05, 4.69) is 10.6 Å². The standard InChI is InChI=1S/C13H22N2O4/c1-9(14-10(2)16)12(19)15-13(8-11(17)18)6-4-3-5-7-13/h9H,3-8H2,1-2H3,(H,14,16)(H,15,19)(H,17,18). The minimum Gasteiger partial charge on any atom is -0.481 e. The Balaban J connectivity index is 2.68. The molecule has 2 amide bonds. The molecule has 0 radical (unpaired) electrons. The van der Waals surface area contributed by atoms with Crippen molar-refractivity contribution in [3.8, 4) is 0 Å². The summed E-state index contributed by atoms with van der Waals surface area (Å²) in [7, 11) is 0. The van der Waals surface area contributed by atoms with Crippen LogP contribution in [-0.4, -0.2) is 34.5 Å². The lowest BCUT2D eigenvalue weighted by molar-refractivity contribution is -0.140. The Kier molecular flexibility index (Phi) is 5.32. The van der Waals surface area contributed by atoms with E-state index in [1.54, 1.807) is 6.92 Å². The molecule has 0 spiro atoms. The van der Waals surface area contributed by atoms with Crippen LogP contribution in [0.15, 0.2) is 0 Å². The molecular weight excluding hydrogens is 248 g/mol. The first kappa shape index (κ1) is 15.5. The molecule has 0 aliphatic heterocycles. The molecule has 1 atom stereocenters. The highest BCUT2D eigenvalue weighted by Gasteiger charge is 2.36. The molecule has 1 rings (SSSR count). The molecule has 6 nitrogen and oxygen atoms in total. The third-order valence-corrected chi connectivity index (χ3v) is 3.50. The zero-order valence-corrected chi connectivity index (χ0v) is 11.5. The average molecular weight is 270 g/mol. The highest BCUT2D eigenvalue weighted by Crippen LogP contribution is 2.31. The number of carbonyl (C=O) groups excluding carboxylic acids is 2. The summed E-state index contributed by atoms with van der Waals surface area (Å²) in [6, 6.07) is -0.648. The molecule has 0 bridgehead atoms. The van der Waals surface area contributed by atoms with Crippen molar-refractivity contribution in [2.24, 2.45) is 0 Å². The van der Waals surface area contributed by atoms with Gasteiger partial charge in [-0.05, 0) is 19.8 Å². The fourth-order valence-electron chi connectivity index (χ4n) is 2.60. The summed E-state index contributed by atoms with van der Waals surface area (Å²) in [5, 5.41) is 14.3. The van der Waals surface area contributed by atoms with Gasteiger partial charge in [0.05, 0.1) is 12.0 Å². The van der Waals surface area contributed by atoms with Crippen molar-refractivity contribution >= 4 is 17.8 Å². The molecule has 6 heteroatoms. The first-order valence-corrected chi connectivity index (χ1v) is 6.65. The molecule has 0 aromatic rings. The number of carbonyl (C=O) groups is 3. The van der Waals surface area contributed by atoms with E-state index >= 15 is 0 Å². The summed E-state index contributed by atoms with van der Waals surface area (Å²) in [5.74, 6) is -1.51. The monoisotopic (exact) mass is 270 g/mol. The number of amides is 2. The molecule has 1 saturated carbocycles. The van der Waals surface area contributed by atoms with Crippen LogP contribution in [0, 0.1) is 0 Å². The maximum absolute atomic E-state index is 12.0. The highest BCUT2D eigenvalue weighted by molar-refractivity contribution is 5.87. The van der Waals surface area contributed by atoms with Gasteiger partial charge in [0.15, 0.2) is 0 Å². The Hall–Kier alpha value is -1.59. The zero-order valence-electron chi connectivity index (χ0n) is 11.5. The van der Waals surface area contributed by atoms with Gasteiger partial charge in [-0.15, -0.1) is 0 Å². The molecular formula is C13H22N2O4. The predicted molar refractivity (Wildman–Crippen MR) is 69.5 cm³/mol. The van der Waals surface area contributed by atoms with E-state index in [9.17, 15) is 14.4 Å². The molecule has 3 N–H and O–H groups in total. The van der Waals surface area contributed by atoms with E-state index in [-0.39, 0.29) is 18.2 Å². The van der Waals surface area contributed by atoms with Crippen LogP contribution in [0.1, 0.15) is 52.4 Å². The molecule has 1 fully saturated rings. The van der Waals surface area contributed by atoms with E-state index in [1.165, 1.54) is 6.92 Å². The Labute approximate surface area is 112 Å². The van der Waals surface area contributed by atoms with E-state index in [0.29, 0.717) is 12.8 Å². The summed E-state index contributed by atoms with van der Waals surface area (Å²) in [6.07, 6.45) is 4.20. The number of carboxylic acid groups (broad SMARTS) is 1. The van der Waals surface area contributed by atoms with Crippen LogP contribution in [0.25, 0.3) is 0 Å². The fourth-order valence-corrected chi connectivity index (χ4v) is 2.60. The Bertz CT molecular complexity index is 362. The van der Waals surface area contributed by atoms with Crippen LogP contribution in [0.4, 0.5) is 0 Å². The molecule has 0 aromatic carbocycles. The van der Waals surface area contributed by atoms with Crippen LogP contribution in [0.5, 0.6) is 0 Å². The largest absolute Gasteiger partial charge is 0.481 e. The molecule has 0 saturated heterocycles. The third-order valence-electron chi connectivity index (χ3n) is 3.50. The number of hydrogen-bond acceptors (Lipinski definition) is 3. The number of carboxylic acids is 1. The molecule has 108 valence electrons. The van der Waals surface area contributed by atoms with Gasteiger partial charge in [0.1, 0.15) is 6.04 Å². The normalized spacial score (nSPS) is 19.3. The second kappa shape index (κ2) is 6.54. The Morgan fingerprint density at radius 3 is 2.26 bits per heavy atom. The van der Waals surface area contributed by atoms with Gasteiger partial charge in [0.25, 0.3) is 0 Å². The van der Waals surface area contributed by atoms with Gasteiger partial charge in [-0.3, -0.25) is 14.4 Å². The van der Waals surface area contributed by atoms with Crippen LogP contribution in [-0.2, 0) is 14.4 Å². The van der Waals surface area contributed by atoms with Crippen LogP contribution in [0.3, 0.4) is 0 Å². The van der Waals surface area contributed by atoms with Crippen molar-refractivity contribution in [3.63, 3.8) is 0 Å².